The largest absolute Gasteiger partial charge is 0.299 e. The van der Waals surface area contributed by atoms with E-state index < -0.39 is 10.2 Å². The molecule has 0 spiro atoms. The minimum atomic E-state index is -3.64. The molecular formula is C14H14Cl2N2O2S. The molecule has 0 fully saturated rings. The smallest absolute Gasteiger partial charge is 0.271 e. The lowest BCUT2D eigenvalue weighted by Crippen LogP contribution is -2.31. The lowest BCUT2D eigenvalue weighted by molar-refractivity contribution is 0.587. The zero-order valence-electron chi connectivity index (χ0n) is 11.0. The van der Waals surface area contributed by atoms with E-state index in [1.807, 2.05) is 30.3 Å². The lowest BCUT2D eigenvalue weighted by Gasteiger charge is -2.10. The van der Waals surface area contributed by atoms with Crippen LogP contribution in [0.25, 0.3) is 0 Å². The van der Waals surface area contributed by atoms with Crippen molar-refractivity contribution in [1.29, 1.82) is 0 Å². The summed E-state index contributed by atoms with van der Waals surface area (Å²) in [5, 5.41) is 0.665. The molecule has 2 aromatic rings. The van der Waals surface area contributed by atoms with Gasteiger partial charge in [-0.3, -0.25) is 4.72 Å². The Hall–Kier alpha value is -1.27. The van der Waals surface area contributed by atoms with E-state index >= 15 is 0 Å². The number of hydrogen-bond donors (Lipinski definition) is 2. The highest BCUT2D eigenvalue weighted by molar-refractivity contribution is 7.90. The molecule has 2 N–H and O–H groups in total. The van der Waals surface area contributed by atoms with Crippen LogP contribution in [0.15, 0.2) is 48.5 Å². The Balaban J connectivity index is 1.91. The fraction of sp³-hybridized carbons (Fsp3) is 0.143. The van der Waals surface area contributed by atoms with Crippen LogP contribution in [0.2, 0.25) is 10.0 Å². The Kier molecular flexibility index (Phi) is 5.47. The molecule has 0 radical (unpaired) electrons. The fourth-order valence-electron chi connectivity index (χ4n) is 1.73. The first-order chi connectivity index (χ1) is 9.96. The Morgan fingerprint density at radius 1 is 0.952 bits per heavy atom. The molecule has 0 aromatic heterocycles. The second-order valence-corrected chi connectivity index (χ2v) is 6.68. The van der Waals surface area contributed by atoms with Crippen molar-refractivity contribution in [3.63, 3.8) is 0 Å². The normalized spacial score (nSPS) is 11.3. The van der Waals surface area contributed by atoms with Gasteiger partial charge in [-0.1, -0.05) is 53.5 Å². The van der Waals surface area contributed by atoms with E-state index in [0.29, 0.717) is 28.7 Å². The average Bonchev–Trinajstić information content (AvgIpc) is 2.43. The molecule has 0 unspecified atom stereocenters. The minimum absolute atomic E-state index is 0.293. The zero-order valence-corrected chi connectivity index (χ0v) is 13.3. The van der Waals surface area contributed by atoms with Gasteiger partial charge in [0, 0.05) is 6.54 Å². The molecule has 0 aliphatic heterocycles. The first-order valence-electron chi connectivity index (χ1n) is 6.23. The van der Waals surface area contributed by atoms with Crippen molar-refractivity contribution in [2.24, 2.45) is 0 Å². The second kappa shape index (κ2) is 7.13. The Bertz CT molecular complexity index is 706. The molecule has 21 heavy (non-hydrogen) atoms. The van der Waals surface area contributed by atoms with Crippen LogP contribution in [0, 0.1) is 0 Å². The zero-order chi connectivity index (χ0) is 15.3. The lowest BCUT2D eigenvalue weighted by atomic mass is 10.2. The van der Waals surface area contributed by atoms with Crippen LogP contribution in [-0.4, -0.2) is 15.0 Å². The van der Waals surface area contributed by atoms with Crippen LogP contribution >= 0.6 is 23.2 Å². The van der Waals surface area contributed by atoms with Gasteiger partial charge in [0.15, 0.2) is 0 Å². The molecule has 0 bridgehead atoms. The number of anilines is 1. The summed E-state index contributed by atoms with van der Waals surface area (Å²) >= 11 is 11.6. The van der Waals surface area contributed by atoms with Crippen molar-refractivity contribution < 1.29 is 8.42 Å². The monoisotopic (exact) mass is 344 g/mol. The van der Waals surface area contributed by atoms with Crippen molar-refractivity contribution in [2.75, 3.05) is 11.3 Å². The quantitative estimate of drug-likeness (QED) is 0.842. The van der Waals surface area contributed by atoms with E-state index in [-0.39, 0.29) is 0 Å². The Morgan fingerprint density at radius 2 is 1.67 bits per heavy atom. The molecule has 0 aliphatic rings. The van der Waals surface area contributed by atoms with E-state index in [1.54, 1.807) is 6.07 Å². The van der Waals surface area contributed by atoms with Crippen LogP contribution in [0.5, 0.6) is 0 Å². The first kappa shape index (κ1) is 16.1. The predicted molar refractivity (Wildman–Crippen MR) is 87.2 cm³/mol. The third-order valence-corrected chi connectivity index (χ3v) is 4.55. The van der Waals surface area contributed by atoms with E-state index in [2.05, 4.69) is 9.44 Å². The molecule has 0 atom stereocenters. The summed E-state index contributed by atoms with van der Waals surface area (Å²) < 4.78 is 28.6. The van der Waals surface area contributed by atoms with Gasteiger partial charge in [0.2, 0.25) is 0 Å². The number of halogens is 2. The maximum atomic E-state index is 11.9. The Morgan fingerprint density at radius 3 is 2.33 bits per heavy atom. The van der Waals surface area contributed by atoms with Crippen molar-refractivity contribution >= 4 is 39.1 Å². The number of rotatable bonds is 6. The van der Waals surface area contributed by atoms with Crippen LogP contribution < -0.4 is 9.44 Å². The Labute approximate surface area is 134 Å². The standard InChI is InChI=1S/C14H14Cl2N2O2S/c15-13-7-6-12(10-14(13)16)18-21(19,20)17-9-8-11-4-2-1-3-5-11/h1-7,10,17-18H,8-9H2. The average molecular weight is 345 g/mol. The SMILES string of the molecule is O=S(=O)(NCCc1ccccc1)Nc1ccc(Cl)c(Cl)c1. The highest BCUT2D eigenvalue weighted by Crippen LogP contribution is 2.25. The molecule has 2 rings (SSSR count). The van der Waals surface area contributed by atoms with Crippen LogP contribution in [0.4, 0.5) is 5.69 Å². The number of hydrogen-bond acceptors (Lipinski definition) is 2. The highest BCUT2D eigenvalue weighted by atomic mass is 35.5. The molecule has 7 heteroatoms. The summed E-state index contributed by atoms with van der Waals surface area (Å²) in [5.74, 6) is 0. The van der Waals surface area contributed by atoms with Crippen LogP contribution in [0.3, 0.4) is 0 Å². The van der Waals surface area contributed by atoms with E-state index in [4.69, 9.17) is 23.2 Å². The molecule has 0 saturated carbocycles. The summed E-state index contributed by atoms with van der Waals surface area (Å²) in [6.45, 7) is 0.306. The van der Waals surface area contributed by atoms with Gasteiger partial charge in [0.1, 0.15) is 0 Å². The van der Waals surface area contributed by atoms with Crippen molar-refractivity contribution in [1.82, 2.24) is 4.72 Å². The maximum Gasteiger partial charge on any atom is 0.299 e. The van der Waals surface area contributed by atoms with E-state index in [0.717, 1.165) is 5.56 Å². The van der Waals surface area contributed by atoms with Crippen LogP contribution in [-0.2, 0) is 16.6 Å². The maximum absolute atomic E-state index is 11.9. The minimum Gasteiger partial charge on any atom is -0.271 e. The van der Waals surface area contributed by atoms with Crippen molar-refractivity contribution in [3.05, 3.63) is 64.1 Å². The van der Waals surface area contributed by atoms with Gasteiger partial charge >= 0.3 is 0 Å². The van der Waals surface area contributed by atoms with E-state index in [1.165, 1.54) is 12.1 Å². The molecule has 0 heterocycles. The molecule has 4 nitrogen and oxygen atoms in total. The van der Waals surface area contributed by atoms with Crippen LogP contribution in [0.1, 0.15) is 5.56 Å². The summed E-state index contributed by atoms with van der Waals surface area (Å²) in [7, 11) is -3.64. The second-order valence-electron chi connectivity index (χ2n) is 4.36. The summed E-state index contributed by atoms with van der Waals surface area (Å²) in [5.41, 5.74) is 1.42. The first-order valence-corrected chi connectivity index (χ1v) is 8.46. The third kappa shape index (κ3) is 5.21. The molecule has 2 aromatic carbocycles. The summed E-state index contributed by atoms with van der Waals surface area (Å²) in [4.78, 5) is 0. The van der Waals surface area contributed by atoms with Gasteiger partial charge in [0.25, 0.3) is 10.2 Å². The molecule has 0 saturated heterocycles. The van der Waals surface area contributed by atoms with Gasteiger partial charge in [-0.05, 0) is 30.2 Å². The number of benzene rings is 2. The predicted octanol–water partition coefficient (Wildman–Crippen LogP) is 3.48. The number of nitrogens with one attached hydrogen (secondary N) is 2. The molecule has 0 amide bonds. The van der Waals surface area contributed by atoms with Gasteiger partial charge in [-0.25, -0.2) is 0 Å². The van der Waals surface area contributed by atoms with Gasteiger partial charge in [-0.2, -0.15) is 13.1 Å². The molecule has 0 aliphatic carbocycles. The molecule has 112 valence electrons. The van der Waals surface area contributed by atoms with Crippen molar-refractivity contribution in [3.8, 4) is 0 Å². The van der Waals surface area contributed by atoms with Gasteiger partial charge < -0.3 is 0 Å². The van der Waals surface area contributed by atoms with Gasteiger partial charge in [-0.15, -0.1) is 0 Å². The third-order valence-electron chi connectivity index (χ3n) is 2.72. The summed E-state index contributed by atoms with van der Waals surface area (Å²) in [6, 6.07) is 14.2. The topological polar surface area (TPSA) is 58.2 Å². The van der Waals surface area contributed by atoms with E-state index in [9.17, 15) is 8.42 Å². The fourth-order valence-corrected chi connectivity index (χ4v) is 2.90. The van der Waals surface area contributed by atoms with Crippen molar-refractivity contribution in [2.45, 2.75) is 6.42 Å². The highest BCUT2D eigenvalue weighted by Gasteiger charge is 2.10. The van der Waals surface area contributed by atoms with Gasteiger partial charge in [0.05, 0.1) is 15.7 Å². The summed E-state index contributed by atoms with van der Waals surface area (Å²) in [6.07, 6.45) is 0.614. The molecular weight excluding hydrogens is 331 g/mol.